The quantitative estimate of drug-likeness (QED) is 0.0261. The summed E-state index contributed by atoms with van der Waals surface area (Å²) in [5, 5.41) is 0. The minimum atomic E-state index is -0.805. The highest BCUT2D eigenvalue weighted by atomic mass is 16.6. The Kier molecular flexibility index (Phi) is 65.7. The number of unbranched alkanes of at least 4 members (excludes halogenated alkanes) is 41. The van der Waals surface area contributed by atoms with Gasteiger partial charge in [0.05, 0.1) is 0 Å². The van der Waals surface area contributed by atoms with Gasteiger partial charge in [0.2, 0.25) is 0 Å². The third-order valence-corrected chi connectivity index (χ3v) is 15.5. The summed E-state index contributed by atoms with van der Waals surface area (Å²) in [6.45, 7) is 6.51. The highest BCUT2D eigenvalue weighted by Gasteiger charge is 2.19. The van der Waals surface area contributed by atoms with E-state index >= 15 is 0 Å². The molecule has 0 aliphatic rings. The first-order valence-electron chi connectivity index (χ1n) is 34.9. The summed E-state index contributed by atoms with van der Waals surface area (Å²) in [7, 11) is 0. The molecule has 0 bridgehead atoms. The van der Waals surface area contributed by atoms with E-state index in [4.69, 9.17) is 14.2 Å². The summed E-state index contributed by atoms with van der Waals surface area (Å²) < 4.78 is 16.9. The Balaban J connectivity index is 4.27. The standard InChI is InChI=1S/C74H132O6/c1-4-7-10-13-16-19-22-25-27-29-31-33-35-36-37-39-40-42-44-46-49-52-55-58-61-64-67-73(76)79-70-71(69-78-72(75)66-63-60-57-54-51-48-24-21-18-15-12-9-6-3)80-74(77)68-65-62-59-56-53-50-47-45-43-41-38-34-32-30-28-26-23-20-17-14-11-8-5-2/h9,12,18,21,23,26,30,32,48,51,57,60,71H,4-8,10-11,13-17,19-20,22,24-25,27-29,31,33-47,49-50,52-56,58-59,61-70H2,1-3H3/b12-9-,21-18-,26-23-,32-30-,51-48-,60-57-. The van der Waals surface area contributed by atoms with E-state index in [1.54, 1.807) is 0 Å². The van der Waals surface area contributed by atoms with Gasteiger partial charge in [-0.15, -0.1) is 0 Å². The fourth-order valence-corrected chi connectivity index (χ4v) is 10.3. The predicted octanol–water partition coefficient (Wildman–Crippen LogP) is 24.1. The van der Waals surface area contributed by atoms with E-state index in [1.165, 1.54) is 244 Å². The Morgan fingerprint density at radius 3 is 0.838 bits per heavy atom. The van der Waals surface area contributed by atoms with Crippen molar-refractivity contribution in [3.05, 3.63) is 72.9 Å². The van der Waals surface area contributed by atoms with Gasteiger partial charge in [-0.3, -0.25) is 14.4 Å². The van der Waals surface area contributed by atoms with Crippen LogP contribution >= 0.6 is 0 Å². The van der Waals surface area contributed by atoms with Crippen molar-refractivity contribution in [2.45, 2.75) is 367 Å². The van der Waals surface area contributed by atoms with Crippen molar-refractivity contribution in [2.24, 2.45) is 0 Å². The van der Waals surface area contributed by atoms with Crippen molar-refractivity contribution in [1.29, 1.82) is 0 Å². The first kappa shape index (κ1) is 76.9. The number of hydrogen-bond acceptors (Lipinski definition) is 6. The predicted molar refractivity (Wildman–Crippen MR) is 348 cm³/mol. The van der Waals surface area contributed by atoms with Gasteiger partial charge in [-0.25, -0.2) is 0 Å². The van der Waals surface area contributed by atoms with Crippen LogP contribution in [0.3, 0.4) is 0 Å². The number of esters is 3. The molecule has 0 saturated heterocycles. The first-order valence-corrected chi connectivity index (χ1v) is 34.9. The SMILES string of the molecule is CC/C=C\C/C=C\C/C=C\C/C=C\CCC(=O)OCC(COC(=O)CCCCCCCCCCCCCCCCCCCCCCCCCCCC)OC(=O)CCCCCCCCCCCCC/C=C\C/C=C\CCCCCCC. The molecule has 6 nitrogen and oxygen atoms in total. The van der Waals surface area contributed by atoms with E-state index in [0.29, 0.717) is 19.3 Å². The molecular formula is C74H132O6. The summed E-state index contributed by atoms with van der Waals surface area (Å²) in [5.41, 5.74) is 0. The zero-order valence-electron chi connectivity index (χ0n) is 53.3. The fourth-order valence-electron chi connectivity index (χ4n) is 10.3. The summed E-state index contributed by atoms with van der Waals surface area (Å²) in [4.78, 5) is 38.3. The lowest BCUT2D eigenvalue weighted by Crippen LogP contribution is -2.30. The van der Waals surface area contributed by atoms with E-state index in [-0.39, 0.29) is 37.5 Å². The third-order valence-electron chi connectivity index (χ3n) is 15.5. The van der Waals surface area contributed by atoms with E-state index in [9.17, 15) is 14.4 Å². The van der Waals surface area contributed by atoms with Crippen molar-refractivity contribution >= 4 is 17.9 Å². The number of carbonyl (C=O) groups excluding carboxylic acids is 3. The molecular weight excluding hydrogens is 985 g/mol. The molecule has 0 amide bonds. The Morgan fingerprint density at radius 1 is 0.263 bits per heavy atom. The number of carbonyl (C=O) groups is 3. The van der Waals surface area contributed by atoms with Crippen molar-refractivity contribution < 1.29 is 28.6 Å². The van der Waals surface area contributed by atoms with Crippen molar-refractivity contribution in [3.8, 4) is 0 Å². The zero-order valence-corrected chi connectivity index (χ0v) is 53.3. The van der Waals surface area contributed by atoms with Gasteiger partial charge in [-0.2, -0.15) is 0 Å². The van der Waals surface area contributed by atoms with E-state index in [1.807, 2.05) is 6.08 Å². The maximum Gasteiger partial charge on any atom is 0.306 e. The topological polar surface area (TPSA) is 78.9 Å². The molecule has 0 radical (unpaired) electrons. The number of rotatable bonds is 64. The maximum absolute atomic E-state index is 12.9. The molecule has 0 N–H and O–H groups in total. The Morgan fingerprint density at radius 2 is 0.512 bits per heavy atom. The van der Waals surface area contributed by atoms with Gasteiger partial charge < -0.3 is 14.2 Å². The molecule has 1 unspecified atom stereocenters. The lowest BCUT2D eigenvalue weighted by molar-refractivity contribution is -0.166. The molecule has 80 heavy (non-hydrogen) atoms. The van der Waals surface area contributed by atoms with Gasteiger partial charge in [0.15, 0.2) is 6.10 Å². The van der Waals surface area contributed by atoms with Crippen LogP contribution in [0.2, 0.25) is 0 Å². The van der Waals surface area contributed by atoms with Crippen LogP contribution in [0.1, 0.15) is 361 Å². The molecule has 1 atom stereocenters. The van der Waals surface area contributed by atoms with Crippen LogP contribution in [0.5, 0.6) is 0 Å². The van der Waals surface area contributed by atoms with Crippen LogP contribution in [0.25, 0.3) is 0 Å². The largest absolute Gasteiger partial charge is 0.462 e. The second-order valence-corrected chi connectivity index (χ2v) is 23.4. The molecule has 0 rings (SSSR count). The summed E-state index contributed by atoms with van der Waals surface area (Å²) in [6, 6.07) is 0. The highest BCUT2D eigenvalue weighted by Crippen LogP contribution is 2.18. The number of ether oxygens (including phenoxy) is 3. The second kappa shape index (κ2) is 68.3. The van der Waals surface area contributed by atoms with E-state index < -0.39 is 6.10 Å². The smallest absolute Gasteiger partial charge is 0.306 e. The molecule has 0 heterocycles. The molecule has 6 heteroatoms. The average molecular weight is 1120 g/mol. The van der Waals surface area contributed by atoms with Crippen LogP contribution in [-0.2, 0) is 28.6 Å². The van der Waals surface area contributed by atoms with Gasteiger partial charge in [0, 0.05) is 19.3 Å². The minimum Gasteiger partial charge on any atom is -0.462 e. The molecule has 464 valence electrons. The monoisotopic (exact) mass is 1120 g/mol. The molecule has 0 aromatic heterocycles. The Bertz CT molecular complexity index is 1470. The van der Waals surface area contributed by atoms with Crippen molar-refractivity contribution in [2.75, 3.05) is 13.2 Å². The average Bonchev–Trinajstić information content (AvgIpc) is 3.46. The summed E-state index contributed by atoms with van der Waals surface area (Å²) in [5.74, 6) is -0.963. The molecule has 0 aromatic carbocycles. The lowest BCUT2D eigenvalue weighted by atomic mass is 10.0. The lowest BCUT2D eigenvalue weighted by Gasteiger charge is -2.18. The number of allylic oxidation sites excluding steroid dienone is 12. The van der Waals surface area contributed by atoms with Crippen molar-refractivity contribution in [1.82, 2.24) is 0 Å². The second-order valence-electron chi connectivity index (χ2n) is 23.4. The van der Waals surface area contributed by atoms with Crippen LogP contribution in [0, 0.1) is 0 Å². The van der Waals surface area contributed by atoms with Crippen LogP contribution in [0.15, 0.2) is 72.9 Å². The summed E-state index contributed by atoms with van der Waals surface area (Å²) in [6.07, 6.45) is 89.6. The highest BCUT2D eigenvalue weighted by molar-refractivity contribution is 5.71. The summed E-state index contributed by atoms with van der Waals surface area (Å²) >= 11 is 0. The zero-order chi connectivity index (χ0) is 57.8. The molecule has 0 fully saturated rings. The van der Waals surface area contributed by atoms with Crippen LogP contribution < -0.4 is 0 Å². The third kappa shape index (κ3) is 65.7. The van der Waals surface area contributed by atoms with Gasteiger partial charge in [0.1, 0.15) is 13.2 Å². The maximum atomic E-state index is 12.9. The van der Waals surface area contributed by atoms with Crippen LogP contribution in [0.4, 0.5) is 0 Å². The first-order chi connectivity index (χ1) is 39.5. The number of hydrogen-bond donors (Lipinski definition) is 0. The van der Waals surface area contributed by atoms with Gasteiger partial charge >= 0.3 is 17.9 Å². The molecule has 0 saturated carbocycles. The molecule has 0 aromatic rings. The van der Waals surface area contributed by atoms with Gasteiger partial charge in [-0.05, 0) is 77.0 Å². The van der Waals surface area contributed by atoms with Gasteiger partial charge in [-0.1, -0.05) is 338 Å². The van der Waals surface area contributed by atoms with Crippen molar-refractivity contribution in [3.63, 3.8) is 0 Å². The molecule has 0 aliphatic carbocycles. The van der Waals surface area contributed by atoms with E-state index in [0.717, 1.165) is 70.6 Å². The minimum absolute atomic E-state index is 0.0948. The molecule has 0 aliphatic heterocycles. The fraction of sp³-hybridized carbons (Fsp3) is 0.797. The van der Waals surface area contributed by atoms with E-state index in [2.05, 4.69) is 87.6 Å². The van der Waals surface area contributed by atoms with Gasteiger partial charge in [0.25, 0.3) is 0 Å². The normalized spacial score (nSPS) is 12.5. The molecule has 0 spiro atoms. The Hall–Kier alpha value is -3.15. The van der Waals surface area contributed by atoms with Crippen LogP contribution in [-0.4, -0.2) is 37.2 Å². The Labute approximate surface area is 497 Å².